The Morgan fingerprint density at radius 3 is 2.43 bits per heavy atom. The molecule has 1 heterocycles. The fraction of sp³-hybridized carbons (Fsp3) is 0.571. The lowest BCUT2D eigenvalue weighted by Crippen LogP contribution is -2.40. The summed E-state index contributed by atoms with van der Waals surface area (Å²) in [6.07, 6.45) is -3.08. The summed E-state index contributed by atoms with van der Waals surface area (Å²) in [5.74, 6) is 0.283. The zero-order valence-electron chi connectivity index (χ0n) is 13.1. The number of aryl methyl sites for hydroxylation is 1. The zero-order chi connectivity index (χ0) is 17.3. The quantitative estimate of drug-likeness (QED) is 0.404. The first-order chi connectivity index (χ1) is 10.8. The minimum atomic E-state index is -4.19. The molecule has 0 saturated carbocycles. The SMILES string of the molecule is CN=C(NCCCNC(=O)c1occc1C)NCCC(F)(F)F. The third-order valence-electron chi connectivity index (χ3n) is 2.92. The Hall–Kier alpha value is -2.19. The fourth-order valence-corrected chi connectivity index (χ4v) is 1.73. The van der Waals surface area contributed by atoms with Crippen LogP contribution in [-0.4, -0.2) is 44.7 Å². The van der Waals surface area contributed by atoms with Gasteiger partial charge in [0, 0.05) is 32.2 Å². The summed E-state index contributed by atoms with van der Waals surface area (Å²) in [6.45, 7) is 2.41. The van der Waals surface area contributed by atoms with Gasteiger partial charge in [-0.15, -0.1) is 0 Å². The second-order valence-corrected chi connectivity index (χ2v) is 4.83. The van der Waals surface area contributed by atoms with Crippen molar-refractivity contribution in [2.24, 2.45) is 4.99 Å². The van der Waals surface area contributed by atoms with Crippen molar-refractivity contribution in [1.82, 2.24) is 16.0 Å². The summed E-state index contributed by atoms with van der Waals surface area (Å²) in [4.78, 5) is 15.6. The number of amides is 1. The first kappa shape index (κ1) is 18.9. The molecular weight excluding hydrogens is 313 g/mol. The van der Waals surface area contributed by atoms with Gasteiger partial charge in [-0.05, 0) is 19.4 Å². The maximum Gasteiger partial charge on any atom is 0.390 e. The third-order valence-corrected chi connectivity index (χ3v) is 2.92. The summed E-state index contributed by atoms with van der Waals surface area (Å²) >= 11 is 0. The molecule has 6 nitrogen and oxygen atoms in total. The lowest BCUT2D eigenvalue weighted by Gasteiger charge is -2.13. The number of hydrogen-bond donors (Lipinski definition) is 3. The van der Waals surface area contributed by atoms with E-state index >= 15 is 0 Å². The van der Waals surface area contributed by atoms with Gasteiger partial charge >= 0.3 is 6.18 Å². The molecule has 1 aromatic rings. The molecule has 0 unspecified atom stereocenters. The van der Waals surface area contributed by atoms with Gasteiger partial charge in [0.1, 0.15) is 0 Å². The number of halogens is 3. The van der Waals surface area contributed by atoms with Crippen LogP contribution in [0.2, 0.25) is 0 Å². The van der Waals surface area contributed by atoms with Crippen molar-refractivity contribution in [3.8, 4) is 0 Å². The Balaban J connectivity index is 2.16. The Labute approximate surface area is 132 Å². The number of nitrogens with one attached hydrogen (secondary N) is 3. The van der Waals surface area contributed by atoms with Crippen molar-refractivity contribution in [2.45, 2.75) is 25.9 Å². The number of carbonyl (C=O) groups excluding carboxylic acids is 1. The molecule has 0 bridgehead atoms. The van der Waals surface area contributed by atoms with Crippen LogP contribution >= 0.6 is 0 Å². The van der Waals surface area contributed by atoms with Crippen LogP contribution in [-0.2, 0) is 0 Å². The van der Waals surface area contributed by atoms with Gasteiger partial charge < -0.3 is 20.4 Å². The van der Waals surface area contributed by atoms with Gasteiger partial charge in [0.05, 0.1) is 12.7 Å². The van der Waals surface area contributed by atoms with Gasteiger partial charge in [0.15, 0.2) is 11.7 Å². The van der Waals surface area contributed by atoms with Crippen molar-refractivity contribution in [3.05, 3.63) is 23.7 Å². The van der Waals surface area contributed by atoms with E-state index < -0.39 is 12.6 Å². The van der Waals surface area contributed by atoms with E-state index in [9.17, 15) is 18.0 Å². The van der Waals surface area contributed by atoms with Gasteiger partial charge in [-0.3, -0.25) is 9.79 Å². The zero-order valence-corrected chi connectivity index (χ0v) is 13.1. The molecule has 130 valence electrons. The summed E-state index contributed by atoms with van der Waals surface area (Å²) in [7, 11) is 1.48. The lowest BCUT2D eigenvalue weighted by atomic mass is 10.2. The second kappa shape index (κ2) is 9.06. The summed E-state index contributed by atoms with van der Waals surface area (Å²) in [5, 5.41) is 8.14. The van der Waals surface area contributed by atoms with Crippen molar-refractivity contribution in [1.29, 1.82) is 0 Å². The highest BCUT2D eigenvalue weighted by Crippen LogP contribution is 2.17. The van der Waals surface area contributed by atoms with Gasteiger partial charge in [0.2, 0.25) is 0 Å². The van der Waals surface area contributed by atoms with Gasteiger partial charge in [0.25, 0.3) is 5.91 Å². The van der Waals surface area contributed by atoms with E-state index in [0.717, 1.165) is 5.56 Å². The number of alkyl halides is 3. The molecule has 0 aliphatic carbocycles. The third kappa shape index (κ3) is 7.57. The molecule has 23 heavy (non-hydrogen) atoms. The largest absolute Gasteiger partial charge is 0.459 e. The molecule has 0 radical (unpaired) electrons. The Morgan fingerprint density at radius 1 is 1.22 bits per heavy atom. The van der Waals surface area contributed by atoms with Crippen LogP contribution in [0, 0.1) is 6.92 Å². The van der Waals surface area contributed by atoms with E-state index in [-0.39, 0.29) is 18.2 Å². The molecule has 0 aliphatic rings. The van der Waals surface area contributed by atoms with Crippen LogP contribution in [0.1, 0.15) is 29.0 Å². The van der Waals surface area contributed by atoms with Crippen LogP contribution in [0.5, 0.6) is 0 Å². The Kier molecular flexibility index (Phi) is 7.43. The van der Waals surface area contributed by atoms with Crippen molar-refractivity contribution in [3.63, 3.8) is 0 Å². The Bertz CT molecular complexity index is 526. The van der Waals surface area contributed by atoms with Gasteiger partial charge in [-0.1, -0.05) is 0 Å². The fourth-order valence-electron chi connectivity index (χ4n) is 1.73. The first-order valence-electron chi connectivity index (χ1n) is 7.17. The summed E-state index contributed by atoms with van der Waals surface area (Å²) in [5.41, 5.74) is 0.759. The van der Waals surface area contributed by atoms with E-state index in [1.54, 1.807) is 13.0 Å². The lowest BCUT2D eigenvalue weighted by molar-refractivity contribution is -0.132. The minimum Gasteiger partial charge on any atom is -0.459 e. The minimum absolute atomic E-state index is 0.238. The van der Waals surface area contributed by atoms with Crippen LogP contribution in [0.25, 0.3) is 0 Å². The molecule has 0 spiro atoms. The number of furan rings is 1. The van der Waals surface area contributed by atoms with Crippen LogP contribution in [0.3, 0.4) is 0 Å². The monoisotopic (exact) mass is 334 g/mol. The van der Waals surface area contributed by atoms with E-state index in [4.69, 9.17) is 4.42 Å². The molecule has 9 heteroatoms. The molecule has 1 rings (SSSR count). The smallest absolute Gasteiger partial charge is 0.390 e. The molecule has 0 aromatic carbocycles. The van der Waals surface area contributed by atoms with E-state index in [0.29, 0.717) is 25.5 Å². The molecule has 3 N–H and O–H groups in total. The highest BCUT2D eigenvalue weighted by atomic mass is 19.4. The molecule has 0 aliphatic heterocycles. The van der Waals surface area contributed by atoms with Crippen molar-refractivity contribution >= 4 is 11.9 Å². The molecule has 0 saturated heterocycles. The normalized spacial score (nSPS) is 12.1. The van der Waals surface area contributed by atoms with Crippen molar-refractivity contribution in [2.75, 3.05) is 26.7 Å². The number of hydrogen-bond acceptors (Lipinski definition) is 3. The predicted octanol–water partition coefficient (Wildman–Crippen LogP) is 1.83. The summed E-state index contributed by atoms with van der Waals surface area (Å²) in [6, 6.07) is 1.70. The summed E-state index contributed by atoms with van der Waals surface area (Å²) < 4.78 is 41.2. The number of aliphatic imine (C=N–C) groups is 1. The van der Waals surface area contributed by atoms with E-state index in [1.807, 2.05) is 0 Å². The maximum atomic E-state index is 12.0. The maximum absolute atomic E-state index is 12.0. The van der Waals surface area contributed by atoms with Crippen LogP contribution in [0.4, 0.5) is 13.2 Å². The Morgan fingerprint density at radius 2 is 1.87 bits per heavy atom. The predicted molar refractivity (Wildman–Crippen MR) is 80.4 cm³/mol. The standard InChI is InChI=1S/C14H21F3N4O2/c1-10-4-9-23-11(10)12(22)19-6-3-7-20-13(18-2)21-8-5-14(15,16)17/h4,9H,3,5-8H2,1-2H3,(H,19,22)(H2,18,20,21). The average Bonchev–Trinajstić information content (AvgIpc) is 2.89. The highest BCUT2D eigenvalue weighted by Gasteiger charge is 2.26. The van der Waals surface area contributed by atoms with Gasteiger partial charge in [-0.25, -0.2) is 0 Å². The molecule has 1 aromatic heterocycles. The molecule has 0 fully saturated rings. The number of nitrogens with zero attached hydrogens (tertiary/aromatic N) is 1. The number of guanidine groups is 1. The van der Waals surface area contributed by atoms with Gasteiger partial charge in [-0.2, -0.15) is 13.2 Å². The van der Waals surface area contributed by atoms with Crippen molar-refractivity contribution < 1.29 is 22.4 Å². The van der Waals surface area contributed by atoms with Crippen LogP contribution in [0.15, 0.2) is 21.7 Å². The van der Waals surface area contributed by atoms with Crippen LogP contribution < -0.4 is 16.0 Å². The number of carbonyl (C=O) groups is 1. The molecule has 1 amide bonds. The number of rotatable bonds is 7. The molecule has 0 atom stereocenters. The average molecular weight is 334 g/mol. The first-order valence-corrected chi connectivity index (χ1v) is 7.17. The van der Waals surface area contributed by atoms with E-state index in [2.05, 4.69) is 20.9 Å². The highest BCUT2D eigenvalue weighted by molar-refractivity contribution is 5.92. The topological polar surface area (TPSA) is 78.7 Å². The molecular formula is C14H21F3N4O2. The van der Waals surface area contributed by atoms with E-state index in [1.165, 1.54) is 13.3 Å². The second-order valence-electron chi connectivity index (χ2n) is 4.83.